The number of aryl methyl sites for hydroxylation is 2. The zero-order valence-corrected chi connectivity index (χ0v) is 10.3. The maximum absolute atomic E-state index is 11.8. The molecule has 0 radical (unpaired) electrons. The summed E-state index contributed by atoms with van der Waals surface area (Å²) in [6, 6.07) is 0. The fourth-order valence-electron chi connectivity index (χ4n) is 2.04. The Hall–Kier alpha value is -1.16. The number of fused-ring (bicyclic) bond motifs is 1. The van der Waals surface area contributed by atoms with E-state index in [1.807, 2.05) is 6.92 Å². The molecule has 0 saturated carbocycles. The molecule has 0 fully saturated rings. The fourth-order valence-corrected chi connectivity index (χ4v) is 3.11. The van der Waals surface area contributed by atoms with Gasteiger partial charge in [-0.2, -0.15) is 0 Å². The van der Waals surface area contributed by atoms with Crippen LogP contribution in [0.5, 0.6) is 0 Å². The first-order valence-electron chi connectivity index (χ1n) is 5.54. The molecule has 1 aromatic rings. The Labute approximate surface area is 99.6 Å². The molecule has 16 heavy (non-hydrogen) atoms. The van der Waals surface area contributed by atoms with E-state index >= 15 is 0 Å². The molecule has 1 aliphatic carbocycles. The van der Waals surface area contributed by atoms with E-state index in [1.54, 1.807) is 17.4 Å². The van der Waals surface area contributed by atoms with E-state index in [2.05, 4.69) is 16.9 Å². The largest absolute Gasteiger partial charge is 0.352 e. The number of carbonyl (C=O) groups excluding carboxylic acids is 1. The third-order valence-corrected chi connectivity index (χ3v) is 3.87. The topological polar surface area (TPSA) is 42.0 Å². The van der Waals surface area contributed by atoms with Crippen LogP contribution in [0.2, 0.25) is 0 Å². The van der Waals surface area contributed by atoms with Crippen LogP contribution in [0.1, 0.15) is 22.0 Å². The molecule has 0 saturated heterocycles. The first kappa shape index (κ1) is 11.3. The van der Waals surface area contributed by atoms with E-state index in [-0.39, 0.29) is 11.8 Å². The molecule has 1 aromatic heterocycles. The Morgan fingerprint density at radius 1 is 1.75 bits per heavy atom. The number of thiazole rings is 1. The van der Waals surface area contributed by atoms with Crippen molar-refractivity contribution in [2.45, 2.75) is 26.2 Å². The van der Waals surface area contributed by atoms with Crippen molar-refractivity contribution in [2.24, 2.45) is 5.92 Å². The lowest BCUT2D eigenvalue weighted by Gasteiger charge is -2.19. The quantitative estimate of drug-likeness (QED) is 0.814. The lowest BCUT2D eigenvalue weighted by Crippen LogP contribution is -2.33. The first-order valence-corrected chi connectivity index (χ1v) is 6.36. The highest BCUT2D eigenvalue weighted by atomic mass is 32.1. The van der Waals surface area contributed by atoms with Gasteiger partial charge in [0.1, 0.15) is 0 Å². The van der Waals surface area contributed by atoms with Crippen LogP contribution in [0.3, 0.4) is 0 Å². The van der Waals surface area contributed by atoms with Gasteiger partial charge < -0.3 is 5.32 Å². The van der Waals surface area contributed by atoms with Gasteiger partial charge in [-0.25, -0.2) is 4.98 Å². The summed E-state index contributed by atoms with van der Waals surface area (Å²) in [4.78, 5) is 17.6. The minimum Gasteiger partial charge on any atom is -0.352 e. The average Bonchev–Trinajstić information content (AvgIpc) is 2.64. The van der Waals surface area contributed by atoms with Crippen molar-refractivity contribution in [3.8, 4) is 0 Å². The third-order valence-electron chi connectivity index (χ3n) is 2.84. The van der Waals surface area contributed by atoms with Crippen LogP contribution in [-0.4, -0.2) is 17.4 Å². The summed E-state index contributed by atoms with van der Waals surface area (Å²) in [5, 5.41) is 3.98. The van der Waals surface area contributed by atoms with Crippen LogP contribution >= 0.6 is 11.3 Å². The van der Waals surface area contributed by atoms with E-state index < -0.39 is 0 Å². The van der Waals surface area contributed by atoms with Gasteiger partial charge in [-0.1, -0.05) is 6.08 Å². The summed E-state index contributed by atoms with van der Waals surface area (Å²) in [5.74, 6) is 0.268. The highest BCUT2D eigenvalue weighted by molar-refractivity contribution is 7.11. The number of carbonyl (C=O) groups is 1. The van der Waals surface area contributed by atoms with Crippen molar-refractivity contribution < 1.29 is 4.79 Å². The van der Waals surface area contributed by atoms with Crippen LogP contribution in [0.4, 0.5) is 0 Å². The van der Waals surface area contributed by atoms with Gasteiger partial charge in [-0.05, 0) is 26.2 Å². The van der Waals surface area contributed by atoms with Crippen molar-refractivity contribution in [3.05, 3.63) is 28.2 Å². The molecule has 1 amide bonds. The third kappa shape index (κ3) is 2.32. The molecule has 3 nitrogen and oxygen atoms in total. The van der Waals surface area contributed by atoms with Crippen LogP contribution in [-0.2, 0) is 17.6 Å². The van der Waals surface area contributed by atoms with Gasteiger partial charge in [-0.3, -0.25) is 4.79 Å². The maximum atomic E-state index is 11.8. The highest BCUT2D eigenvalue weighted by Gasteiger charge is 2.26. The Morgan fingerprint density at radius 2 is 2.56 bits per heavy atom. The smallest absolute Gasteiger partial charge is 0.223 e. The lowest BCUT2D eigenvalue weighted by atomic mass is 9.90. The second kappa shape index (κ2) is 4.78. The Morgan fingerprint density at radius 3 is 3.31 bits per heavy atom. The molecule has 4 heteroatoms. The molecular formula is C12H16N2OS. The van der Waals surface area contributed by atoms with Crippen molar-refractivity contribution in [1.82, 2.24) is 10.3 Å². The van der Waals surface area contributed by atoms with Crippen molar-refractivity contribution in [3.63, 3.8) is 0 Å². The molecular weight excluding hydrogens is 220 g/mol. The van der Waals surface area contributed by atoms with Gasteiger partial charge in [0.25, 0.3) is 0 Å². The summed E-state index contributed by atoms with van der Waals surface area (Å²) >= 11 is 1.72. The molecule has 0 aromatic carbocycles. The molecule has 0 aliphatic heterocycles. The predicted molar refractivity (Wildman–Crippen MR) is 65.6 cm³/mol. The minimum absolute atomic E-state index is 0.118. The summed E-state index contributed by atoms with van der Waals surface area (Å²) in [5.41, 5.74) is 1.20. The average molecular weight is 236 g/mol. The molecule has 2 rings (SSSR count). The number of hydrogen-bond donors (Lipinski definition) is 1. The Bertz CT molecular complexity index is 411. The van der Waals surface area contributed by atoms with Crippen LogP contribution < -0.4 is 5.32 Å². The maximum Gasteiger partial charge on any atom is 0.223 e. The lowest BCUT2D eigenvalue weighted by molar-refractivity contribution is -0.125. The number of amides is 1. The van der Waals surface area contributed by atoms with Crippen molar-refractivity contribution >= 4 is 17.2 Å². The highest BCUT2D eigenvalue weighted by Crippen LogP contribution is 2.29. The predicted octanol–water partition coefficient (Wildman–Crippen LogP) is 1.86. The normalized spacial score (nSPS) is 18.9. The summed E-state index contributed by atoms with van der Waals surface area (Å²) in [6.45, 7) is 6.18. The summed E-state index contributed by atoms with van der Waals surface area (Å²) in [6.07, 6.45) is 4.41. The van der Waals surface area contributed by atoms with E-state index in [1.165, 1.54) is 10.6 Å². The summed E-state index contributed by atoms with van der Waals surface area (Å²) < 4.78 is 0. The van der Waals surface area contributed by atoms with E-state index in [0.29, 0.717) is 6.54 Å². The molecule has 1 unspecified atom stereocenters. The van der Waals surface area contributed by atoms with Gasteiger partial charge in [-0.15, -0.1) is 17.9 Å². The fraction of sp³-hybridized carbons (Fsp3) is 0.500. The molecule has 86 valence electrons. The molecule has 1 aliphatic rings. The van der Waals surface area contributed by atoms with E-state index in [0.717, 1.165) is 24.3 Å². The van der Waals surface area contributed by atoms with Crippen LogP contribution in [0, 0.1) is 12.8 Å². The standard InChI is InChI=1S/C12H16N2OS/c1-3-6-13-12(15)9-4-5-10-11(7-9)16-8(2)14-10/h3,9H,1,4-7H2,2H3,(H,13,15). The van der Waals surface area contributed by atoms with E-state index in [9.17, 15) is 4.79 Å². The van der Waals surface area contributed by atoms with Crippen molar-refractivity contribution in [2.75, 3.05) is 6.54 Å². The second-order valence-electron chi connectivity index (χ2n) is 4.08. The Kier molecular flexibility index (Phi) is 3.39. The van der Waals surface area contributed by atoms with Gasteiger partial charge in [0.15, 0.2) is 0 Å². The van der Waals surface area contributed by atoms with Gasteiger partial charge in [0.05, 0.1) is 10.7 Å². The minimum atomic E-state index is 0.118. The monoisotopic (exact) mass is 236 g/mol. The molecule has 1 N–H and O–H groups in total. The zero-order chi connectivity index (χ0) is 11.5. The van der Waals surface area contributed by atoms with Crippen LogP contribution in [0.15, 0.2) is 12.7 Å². The zero-order valence-electron chi connectivity index (χ0n) is 9.45. The summed E-state index contributed by atoms with van der Waals surface area (Å²) in [7, 11) is 0. The van der Waals surface area contributed by atoms with Crippen molar-refractivity contribution in [1.29, 1.82) is 0 Å². The molecule has 1 atom stereocenters. The second-order valence-corrected chi connectivity index (χ2v) is 5.36. The number of nitrogens with one attached hydrogen (secondary N) is 1. The Balaban J connectivity index is 2.01. The van der Waals surface area contributed by atoms with E-state index in [4.69, 9.17) is 0 Å². The first-order chi connectivity index (χ1) is 7.70. The van der Waals surface area contributed by atoms with Gasteiger partial charge >= 0.3 is 0 Å². The number of aromatic nitrogens is 1. The van der Waals surface area contributed by atoms with Gasteiger partial charge in [0, 0.05) is 17.3 Å². The molecule has 1 heterocycles. The molecule has 0 spiro atoms. The number of nitrogens with zero attached hydrogens (tertiary/aromatic N) is 1. The number of rotatable bonds is 3. The van der Waals surface area contributed by atoms with Crippen LogP contribution in [0.25, 0.3) is 0 Å². The molecule has 0 bridgehead atoms. The number of hydrogen-bond acceptors (Lipinski definition) is 3. The van der Waals surface area contributed by atoms with Gasteiger partial charge in [0.2, 0.25) is 5.91 Å². The SMILES string of the molecule is C=CCNC(=O)C1CCc2nc(C)sc2C1.